The van der Waals surface area contributed by atoms with Crippen LogP contribution in [0.5, 0.6) is 0 Å². The highest BCUT2D eigenvalue weighted by atomic mass is 79.9. The molecule has 1 fully saturated rings. The number of rotatable bonds is 20. The Balaban J connectivity index is 0.00000648. The number of unbranched alkanes of at least 4 members (excludes halogenated alkanes) is 16. The van der Waals surface area contributed by atoms with Crippen LogP contribution in [0.4, 0.5) is 0 Å². The van der Waals surface area contributed by atoms with Crippen molar-refractivity contribution in [1.29, 1.82) is 0 Å². The van der Waals surface area contributed by atoms with Crippen LogP contribution in [0.15, 0.2) is 30.3 Å². The molecular weight excluding hydrogens is 508 g/mol. The van der Waals surface area contributed by atoms with Crippen molar-refractivity contribution in [3.63, 3.8) is 0 Å². The number of quaternary nitrogens is 1. The van der Waals surface area contributed by atoms with Gasteiger partial charge < -0.3 is 26.4 Å². The van der Waals surface area contributed by atoms with Gasteiger partial charge in [0.25, 0.3) is 0 Å². The van der Waals surface area contributed by atoms with Crippen LogP contribution in [-0.4, -0.2) is 48.5 Å². The van der Waals surface area contributed by atoms with Crippen molar-refractivity contribution >= 4 is 5.91 Å². The largest absolute Gasteiger partial charge is 1.00 e. The van der Waals surface area contributed by atoms with E-state index in [4.69, 9.17) is 0 Å². The predicted octanol–water partition coefficient (Wildman–Crippen LogP) is 5.52. The van der Waals surface area contributed by atoms with Crippen LogP contribution in [0.3, 0.4) is 0 Å². The number of carbonyl (C=O) groups is 1. The maximum atomic E-state index is 12.6. The monoisotopic (exact) mass is 564 g/mol. The van der Waals surface area contributed by atoms with E-state index >= 15 is 0 Å². The van der Waals surface area contributed by atoms with Gasteiger partial charge >= 0.3 is 0 Å². The lowest BCUT2D eigenvalue weighted by Crippen LogP contribution is -3.00. The van der Waals surface area contributed by atoms with Gasteiger partial charge in [-0.2, -0.15) is 0 Å². The lowest BCUT2D eigenvalue weighted by atomic mass is 10.0. The highest BCUT2D eigenvalue weighted by Crippen LogP contribution is 2.18. The molecule has 0 N–H and O–H groups in total. The summed E-state index contributed by atoms with van der Waals surface area (Å²) >= 11 is 0. The average molecular weight is 566 g/mol. The molecule has 0 bridgehead atoms. The maximum absolute atomic E-state index is 12.6. The van der Waals surface area contributed by atoms with Gasteiger partial charge in [-0.1, -0.05) is 140 Å². The number of benzene rings is 1. The Morgan fingerprint density at radius 1 is 0.694 bits per heavy atom. The van der Waals surface area contributed by atoms with Gasteiger partial charge in [-0.15, -0.1) is 0 Å². The third kappa shape index (κ3) is 15.4. The number of nitrogens with zero attached hydrogens (tertiary/aromatic N) is 2. The first-order chi connectivity index (χ1) is 17.1. The van der Waals surface area contributed by atoms with E-state index in [0.717, 1.165) is 50.0 Å². The molecule has 208 valence electrons. The Morgan fingerprint density at radius 2 is 1.11 bits per heavy atom. The first-order valence-corrected chi connectivity index (χ1v) is 15.3. The molecule has 36 heavy (non-hydrogen) atoms. The molecule has 1 aliphatic rings. The summed E-state index contributed by atoms with van der Waals surface area (Å²) < 4.78 is 1.05. The van der Waals surface area contributed by atoms with Gasteiger partial charge in [0.15, 0.2) is 0 Å². The van der Waals surface area contributed by atoms with Crippen molar-refractivity contribution in [1.82, 2.24) is 4.90 Å². The fourth-order valence-corrected chi connectivity index (χ4v) is 5.54. The van der Waals surface area contributed by atoms with E-state index in [2.05, 4.69) is 49.2 Å². The van der Waals surface area contributed by atoms with E-state index in [0.29, 0.717) is 5.91 Å². The molecule has 4 heteroatoms. The summed E-state index contributed by atoms with van der Waals surface area (Å²) in [4.78, 5) is 14.8. The lowest BCUT2D eigenvalue weighted by Gasteiger charge is -2.42. The van der Waals surface area contributed by atoms with Crippen LogP contribution in [0.25, 0.3) is 0 Å². The van der Waals surface area contributed by atoms with Crippen LogP contribution >= 0.6 is 0 Å². The van der Waals surface area contributed by atoms with Gasteiger partial charge in [-0.25, -0.2) is 0 Å². The highest BCUT2D eigenvalue weighted by Gasteiger charge is 2.30. The predicted molar refractivity (Wildman–Crippen MR) is 151 cm³/mol. The summed E-state index contributed by atoms with van der Waals surface area (Å²) in [6.07, 6.45) is 24.3. The Labute approximate surface area is 234 Å². The maximum Gasteiger partial charge on any atom is 0.222 e. The lowest BCUT2D eigenvalue weighted by molar-refractivity contribution is -0.926. The van der Waals surface area contributed by atoms with Crippen molar-refractivity contribution in [3.8, 4) is 0 Å². The van der Waals surface area contributed by atoms with Crippen molar-refractivity contribution in [3.05, 3.63) is 35.9 Å². The number of piperazine rings is 1. The van der Waals surface area contributed by atoms with Crippen molar-refractivity contribution in [2.24, 2.45) is 0 Å². The van der Waals surface area contributed by atoms with Gasteiger partial charge in [-0.05, 0) is 6.42 Å². The van der Waals surface area contributed by atoms with Crippen molar-refractivity contribution in [2.45, 2.75) is 129 Å². The van der Waals surface area contributed by atoms with Crippen LogP contribution in [0.1, 0.15) is 128 Å². The zero-order chi connectivity index (χ0) is 25.0. The molecular formula is C32H57BrN2O. The smallest absolute Gasteiger partial charge is 0.222 e. The zero-order valence-electron chi connectivity index (χ0n) is 23.8. The van der Waals surface area contributed by atoms with Crippen LogP contribution in [-0.2, 0) is 11.3 Å². The molecule has 2 rings (SSSR count). The number of carbonyl (C=O) groups excluding carboxylic acids is 1. The van der Waals surface area contributed by atoms with Gasteiger partial charge in [0.05, 0.1) is 33.2 Å². The Kier molecular flexibility index (Phi) is 19.4. The first-order valence-electron chi connectivity index (χ1n) is 15.3. The molecule has 0 atom stereocenters. The zero-order valence-corrected chi connectivity index (χ0v) is 25.4. The SMILES string of the molecule is CCCCCCCCCCCCCCCCCCCC(=O)N1CC[N+](C)(Cc2ccccc2)CC1.[Br-]. The van der Waals surface area contributed by atoms with Crippen LogP contribution in [0, 0.1) is 0 Å². The van der Waals surface area contributed by atoms with Crippen molar-refractivity contribution < 1.29 is 26.3 Å². The average Bonchev–Trinajstić information content (AvgIpc) is 2.86. The minimum absolute atomic E-state index is 0. The third-order valence-electron chi connectivity index (χ3n) is 8.07. The Morgan fingerprint density at radius 3 is 1.56 bits per heavy atom. The molecule has 0 unspecified atom stereocenters. The topological polar surface area (TPSA) is 20.3 Å². The van der Waals surface area contributed by atoms with Crippen LogP contribution in [0.2, 0.25) is 0 Å². The number of amides is 1. The number of hydrogen-bond acceptors (Lipinski definition) is 1. The van der Waals surface area contributed by atoms with E-state index in [1.54, 1.807) is 0 Å². The summed E-state index contributed by atoms with van der Waals surface area (Å²) in [5.74, 6) is 0.386. The normalized spacial score (nSPS) is 15.0. The van der Waals surface area contributed by atoms with Gasteiger partial charge in [0.1, 0.15) is 6.54 Å². The molecule has 3 nitrogen and oxygen atoms in total. The highest BCUT2D eigenvalue weighted by molar-refractivity contribution is 5.76. The van der Waals surface area contributed by atoms with E-state index < -0.39 is 0 Å². The van der Waals surface area contributed by atoms with E-state index in [1.165, 1.54) is 108 Å². The number of hydrogen-bond donors (Lipinski definition) is 0. The van der Waals surface area contributed by atoms with Gasteiger partial charge in [0.2, 0.25) is 5.91 Å². The van der Waals surface area contributed by atoms with Crippen molar-refractivity contribution in [2.75, 3.05) is 33.2 Å². The molecule has 0 saturated carbocycles. The molecule has 1 aromatic rings. The minimum Gasteiger partial charge on any atom is -1.00 e. The molecule has 1 heterocycles. The summed E-state index contributed by atoms with van der Waals surface area (Å²) in [5.41, 5.74) is 1.40. The molecule has 0 aliphatic carbocycles. The molecule has 0 aromatic heterocycles. The van der Waals surface area contributed by atoms with Gasteiger partial charge in [0, 0.05) is 12.0 Å². The van der Waals surface area contributed by atoms with E-state index in [-0.39, 0.29) is 17.0 Å². The van der Waals surface area contributed by atoms with Gasteiger partial charge in [-0.3, -0.25) is 4.79 Å². The molecule has 0 radical (unpaired) electrons. The fraction of sp³-hybridized carbons (Fsp3) is 0.781. The van der Waals surface area contributed by atoms with E-state index in [1.807, 2.05) is 0 Å². The first kappa shape index (κ1) is 33.2. The minimum atomic E-state index is 0. The van der Waals surface area contributed by atoms with Crippen LogP contribution < -0.4 is 17.0 Å². The summed E-state index contributed by atoms with van der Waals surface area (Å²) in [7, 11) is 2.34. The Bertz CT molecular complexity index is 643. The molecule has 1 aliphatic heterocycles. The quantitative estimate of drug-likeness (QED) is 0.151. The fourth-order valence-electron chi connectivity index (χ4n) is 5.54. The summed E-state index contributed by atoms with van der Waals surface area (Å²) in [6, 6.07) is 10.8. The third-order valence-corrected chi connectivity index (χ3v) is 8.07. The standard InChI is InChI=1S/C32H57N2O.BrH/c1-3-4-5-6-7-8-9-10-11-12-13-14-15-16-17-18-22-25-32(35)33-26-28-34(2,29-27-33)30-31-23-20-19-21-24-31;/h19-21,23-24H,3-18,22,25-30H2,1-2H3;1H/q+1;/p-1. The second-order valence-corrected chi connectivity index (χ2v) is 11.5. The number of likely N-dealkylation sites (N-methyl/N-ethyl adjacent to an activating group) is 1. The molecule has 1 saturated heterocycles. The summed E-state index contributed by atoms with van der Waals surface area (Å²) in [5, 5.41) is 0. The summed E-state index contributed by atoms with van der Waals surface area (Å²) in [6.45, 7) is 7.34. The molecule has 1 amide bonds. The number of halogens is 1. The molecule has 1 aromatic carbocycles. The molecule has 0 spiro atoms. The van der Waals surface area contributed by atoms with E-state index in [9.17, 15) is 4.79 Å². The second-order valence-electron chi connectivity index (χ2n) is 11.5. The second kappa shape index (κ2) is 21.1. The Hall–Kier alpha value is -0.870.